The van der Waals surface area contributed by atoms with Crippen molar-refractivity contribution < 1.29 is 14.3 Å². The molecule has 0 N–H and O–H groups in total. The highest BCUT2D eigenvalue weighted by molar-refractivity contribution is 6.30. The molecular weight excluding hydrogens is 366 g/mol. The largest absolute Gasteiger partial charge is 0.453 e. The number of rotatable bonds is 4. The number of methoxy groups -OCH3 is 1. The molecule has 0 bridgehead atoms. The summed E-state index contributed by atoms with van der Waals surface area (Å²) in [6.45, 7) is 1.37. The SMILES string of the molecule is COC(=O)N(CC(=O)N1CCn2cccc2[C@@H]1c1ccc(Cl)cc1)C1CC1. The number of amides is 2. The fourth-order valence-electron chi connectivity index (χ4n) is 3.73. The number of ether oxygens (including phenoxy) is 1. The predicted molar refractivity (Wildman–Crippen MR) is 102 cm³/mol. The van der Waals surface area contributed by atoms with Crippen LogP contribution < -0.4 is 0 Å². The fourth-order valence-corrected chi connectivity index (χ4v) is 3.86. The summed E-state index contributed by atoms with van der Waals surface area (Å²) in [5.74, 6) is -0.0697. The van der Waals surface area contributed by atoms with Crippen LogP contribution in [0.25, 0.3) is 0 Å². The van der Waals surface area contributed by atoms with Crippen molar-refractivity contribution in [3.8, 4) is 0 Å². The Labute approximate surface area is 163 Å². The minimum atomic E-state index is -0.436. The normalized spacial score (nSPS) is 18.7. The third kappa shape index (κ3) is 3.54. The molecule has 0 unspecified atom stereocenters. The summed E-state index contributed by atoms with van der Waals surface area (Å²) in [6, 6.07) is 11.5. The number of nitrogens with zero attached hydrogens (tertiary/aromatic N) is 3. The molecule has 1 atom stereocenters. The molecule has 2 heterocycles. The van der Waals surface area contributed by atoms with Gasteiger partial charge >= 0.3 is 6.09 Å². The molecular formula is C20H22ClN3O3. The van der Waals surface area contributed by atoms with E-state index in [0.717, 1.165) is 30.6 Å². The van der Waals surface area contributed by atoms with Crippen molar-refractivity contribution in [3.63, 3.8) is 0 Å². The van der Waals surface area contributed by atoms with Crippen LogP contribution in [0.1, 0.15) is 30.1 Å². The molecule has 7 heteroatoms. The van der Waals surface area contributed by atoms with Gasteiger partial charge in [0.25, 0.3) is 0 Å². The number of benzene rings is 1. The van der Waals surface area contributed by atoms with Crippen LogP contribution in [0.3, 0.4) is 0 Å². The molecule has 0 spiro atoms. The second kappa shape index (κ2) is 7.27. The highest BCUT2D eigenvalue weighted by Crippen LogP contribution is 2.34. The van der Waals surface area contributed by atoms with E-state index >= 15 is 0 Å². The Morgan fingerprint density at radius 2 is 1.93 bits per heavy atom. The maximum atomic E-state index is 13.2. The van der Waals surface area contributed by atoms with Gasteiger partial charge in [-0.2, -0.15) is 0 Å². The minimum absolute atomic E-state index is 0.0438. The standard InChI is InChI=1S/C20H22ClN3O3/c1-27-20(26)24(16-8-9-16)13-18(25)23-12-11-22-10-2-3-17(22)19(23)14-4-6-15(21)7-5-14/h2-7,10,16,19H,8-9,11-13H2,1H3/t19-/m0/s1. The van der Waals surface area contributed by atoms with E-state index in [4.69, 9.17) is 16.3 Å². The Morgan fingerprint density at radius 1 is 1.19 bits per heavy atom. The number of carbonyl (C=O) groups is 2. The molecule has 0 saturated heterocycles. The molecule has 142 valence electrons. The molecule has 4 rings (SSSR count). The van der Waals surface area contributed by atoms with E-state index in [2.05, 4.69) is 4.57 Å². The third-order valence-electron chi connectivity index (χ3n) is 5.25. The highest BCUT2D eigenvalue weighted by atomic mass is 35.5. The Balaban J connectivity index is 1.62. The summed E-state index contributed by atoms with van der Waals surface area (Å²) in [4.78, 5) is 28.7. The lowest BCUT2D eigenvalue weighted by molar-refractivity contribution is -0.135. The van der Waals surface area contributed by atoms with E-state index < -0.39 is 6.09 Å². The second-order valence-corrected chi connectivity index (χ2v) is 7.43. The van der Waals surface area contributed by atoms with Crippen LogP contribution in [0.15, 0.2) is 42.6 Å². The number of hydrogen-bond acceptors (Lipinski definition) is 3. The summed E-state index contributed by atoms with van der Waals surface area (Å²) < 4.78 is 7.04. The predicted octanol–water partition coefficient (Wildman–Crippen LogP) is 3.30. The topological polar surface area (TPSA) is 54.8 Å². The Bertz CT molecular complexity index is 844. The Kier molecular flexibility index (Phi) is 4.83. The van der Waals surface area contributed by atoms with Crippen molar-refractivity contribution in [3.05, 3.63) is 58.9 Å². The van der Waals surface area contributed by atoms with Crippen LogP contribution >= 0.6 is 11.6 Å². The molecule has 1 aliphatic heterocycles. The van der Waals surface area contributed by atoms with Gasteiger partial charge in [-0.15, -0.1) is 0 Å². The number of aromatic nitrogens is 1. The van der Waals surface area contributed by atoms with Crippen molar-refractivity contribution >= 4 is 23.6 Å². The van der Waals surface area contributed by atoms with Crippen molar-refractivity contribution in [1.82, 2.24) is 14.4 Å². The molecule has 27 heavy (non-hydrogen) atoms. The molecule has 1 aromatic carbocycles. The second-order valence-electron chi connectivity index (χ2n) is 7.00. The van der Waals surface area contributed by atoms with E-state index in [1.54, 1.807) is 4.90 Å². The Hall–Kier alpha value is -2.47. The highest BCUT2D eigenvalue weighted by Gasteiger charge is 2.38. The summed E-state index contributed by atoms with van der Waals surface area (Å²) >= 11 is 6.05. The molecule has 6 nitrogen and oxygen atoms in total. The molecule has 2 amide bonds. The molecule has 1 fully saturated rings. The van der Waals surface area contributed by atoms with E-state index in [1.807, 2.05) is 47.5 Å². The molecule has 2 aromatic rings. The van der Waals surface area contributed by atoms with Gasteiger partial charge in [0.1, 0.15) is 6.54 Å². The maximum absolute atomic E-state index is 13.2. The van der Waals surface area contributed by atoms with Crippen molar-refractivity contribution in [2.45, 2.75) is 31.5 Å². The van der Waals surface area contributed by atoms with Crippen LogP contribution in [-0.4, -0.2) is 52.6 Å². The van der Waals surface area contributed by atoms with E-state index in [0.29, 0.717) is 11.6 Å². The lowest BCUT2D eigenvalue weighted by Gasteiger charge is -2.38. The summed E-state index contributed by atoms with van der Waals surface area (Å²) in [6.07, 6.45) is 3.44. The van der Waals surface area contributed by atoms with Gasteiger partial charge in [-0.25, -0.2) is 4.79 Å². The van der Waals surface area contributed by atoms with Crippen LogP contribution in [0.4, 0.5) is 4.79 Å². The quantitative estimate of drug-likeness (QED) is 0.808. The van der Waals surface area contributed by atoms with Crippen molar-refractivity contribution in [2.75, 3.05) is 20.2 Å². The van der Waals surface area contributed by atoms with Gasteiger partial charge in [0.2, 0.25) is 5.91 Å². The van der Waals surface area contributed by atoms with Crippen molar-refractivity contribution in [1.29, 1.82) is 0 Å². The first-order valence-electron chi connectivity index (χ1n) is 9.13. The van der Waals surface area contributed by atoms with Gasteiger partial charge in [-0.05, 0) is 42.7 Å². The van der Waals surface area contributed by atoms with Gasteiger partial charge < -0.3 is 14.2 Å². The monoisotopic (exact) mass is 387 g/mol. The number of hydrogen-bond donors (Lipinski definition) is 0. The lowest BCUT2D eigenvalue weighted by atomic mass is 10.00. The van der Waals surface area contributed by atoms with Gasteiger partial charge in [0, 0.05) is 36.0 Å². The zero-order valence-corrected chi connectivity index (χ0v) is 15.9. The van der Waals surface area contributed by atoms with Crippen LogP contribution in [0.2, 0.25) is 5.02 Å². The average molecular weight is 388 g/mol. The first-order chi connectivity index (χ1) is 13.1. The third-order valence-corrected chi connectivity index (χ3v) is 5.50. The molecule has 2 aliphatic rings. The fraction of sp³-hybridized carbons (Fsp3) is 0.400. The zero-order valence-electron chi connectivity index (χ0n) is 15.2. The van der Waals surface area contributed by atoms with Crippen LogP contribution in [-0.2, 0) is 16.1 Å². The summed E-state index contributed by atoms with van der Waals surface area (Å²) in [5.41, 5.74) is 2.07. The van der Waals surface area contributed by atoms with Crippen LogP contribution in [0, 0.1) is 0 Å². The molecule has 1 aromatic heterocycles. The van der Waals surface area contributed by atoms with Gasteiger partial charge in [0.05, 0.1) is 13.2 Å². The average Bonchev–Trinajstić information content (AvgIpc) is 3.41. The summed E-state index contributed by atoms with van der Waals surface area (Å²) in [7, 11) is 1.35. The smallest absolute Gasteiger partial charge is 0.410 e. The summed E-state index contributed by atoms with van der Waals surface area (Å²) in [5, 5.41) is 0.661. The first kappa shape index (κ1) is 17.9. The van der Waals surface area contributed by atoms with Gasteiger partial charge in [-0.1, -0.05) is 23.7 Å². The first-order valence-corrected chi connectivity index (χ1v) is 9.51. The van der Waals surface area contributed by atoms with E-state index in [9.17, 15) is 9.59 Å². The Morgan fingerprint density at radius 3 is 2.59 bits per heavy atom. The van der Waals surface area contributed by atoms with Gasteiger partial charge in [-0.3, -0.25) is 9.69 Å². The molecule has 1 aliphatic carbocycles. The maximum Gasteiger partial charge on any atom is 0.410 e. The van der Waals surface area contributed by atoms with Crippen LogP contribution in [0.5, 0.6) is 0 Å². The lowest BCUT2D eigenvalue weighted by Crippen LogP contribution is -2.48. The van der Waals surface area contributed by atoms with Gasteiger partial charge in [0.15, 0.2) is 0 Å². The number of fused-ring (bicyclic) bond motifs is 1. The minimum Gasteiger partial charge on any atom is -0.453 e. The van der Waals surface area contributed by atoms with E-state index in [-0.39, 0.29) is 24.5 Å². The number of carbonyl (C=O) groups excluding carboxylic acids is 2. The zero-order chi connectivity index (χ0) is 19.0. The molecule has 0 radical (unpaired) electrons. The van der Waals surface area contributed by atoms with E-state index in [1.165, 1.54) is 7.11 Å². The number of halogens is 1. The molecule has 1 saturated carbocycles. The van der Waals surface area contributed by atoms with Crippen molar-refractivity contribution in [2.24, 2.45) is 0 Å².